The molecule has 1 aromatic carbocycles. The van der Waals surface area contributed by atoms with Gasteiger partial charge in [-0.15, -0.1) is 0 Å². The number of hydrogen-bond donors (Lipinski definition) is 3. The highest BCUT2D eigenvalue weighted by atomic mass is 16.3. The summed E-state index contributed by atoms with van der Waals surface area (Å²) in [4.78, 5) is 23.8. The van der Waals surface area contributed by atoms with Gasteiger partial charge < -0.3 is 15.7 Å². The molecule has 3 N–H and O–H groups in total. The van der Waals surface area contributed by atoms with Gasteiger partial charge in [0.2, 0.25) is 0 Å². The van der Waals surface area contributed by atoms with Crippen molar-refractivity contribution in [3.05, 3.63) is 28.8 Å². The van der Waals surface area contributed by atoms with E-state index < -0.39 is 17.9 Å². The number of aliphatic hydroxyl groups is 1. The van der Waals surface area contributed by atoms with Crippen molar-refractivity contribution in [2.75, 3.05) is 11.9 Å². The smallest absolute Gasteiger partial charge is 0.313 e. The van der Waals surface area contributed by atoms with E-state index in [0.29, 0.717) is 5.69 Å². The van der Waals surface area contributed by atoms with Crippen molar-refractivity contribution in [2.45, 2.75) is 47.6 Å². The molecule has 0 bridgehead atoms. The van der Waals surface area contributed by atoms with E-state index in [1.54, 1.807) is 0 Å². The van der Waals surface area contributed by atoms with Crippen LogP contribution in [0.3, 0.4) is 0 Å². The fourth-order valence-electron chi connectivity index (χ4n) is 2.12. The molecule has 122 valence electrons. The molecule has 0 saturated carbocycles. The van der Waals surface area contributed by atoms with Crippen LogP contribution in [0.5, 0.6) is 0 Å². The number of carbonyl (C=O) groups is 2. The van der Waals surface area contributed by atoms with Crippen molar-refractivity contribution in [3.63, 3.8) is 0 Å². The fourth-order valence-corrected chi connectivity index (χ4v) is 2.12. The zero-order valence-corrected chi connectivity index (χ0v) is 14.2. The second-order valence-electron chi connectivity index (χ2n) is 6.82. The lowest BCUT2D eigenvalue weighted by atomic mass is 9.89. The Labute approximate surface area is 132 Å². The van der Waals surface area contributed by atoms with E-state index >= 15 is 0 Å². The summed E-state index contributed by atoms with van der Waals surface area (Å²) >= 11 is 0. The minimum Gasteiger partial charge on any atom is -0.391 e. The summed E-state index contributed by atoms with van der Waals surface area (Å²) in [6.07, 6.45) is -0.716. The second kappa shape index (κ2) is 6.92. The van der Waals surface area contributed by atoms with Gasteiger partial charge in [0.05, 0.1) is 6.10 Å². The predicted octanol–water partition coefficient (Wildman–Crippen LogP) is 2.07. The zero-order valence-electron chi connectivity index (χ0n) is 14.2. The summed E-state index contributed by atoms with van der Waals surface area (Å²) in [5, 5.41) is 15.0. The average molecular weight is 306 g/mol. The van der Waals surface area contributed by atoms with Crippen LogP contribution in [-0.4, -0.2) is 29.6 Å². The molecule has 0 heterocycles. The Morgan fingerprint density at radius 3 is 2.05 bits per heavy atom. The third-order valence-electron chi connectivity index (χ3n) is 3.58. The van der Waals surface area contributed by atoms with Gasteiger partial charge in [0, 0.05) is 12.2 Å². The number of hydrogen-bond acceptors (Lipinski definition) is 3. The van der Waals surface area contributed by atoms with Crippen LogP contribution >= 0.6 is 0 Å². The molecule has 0 aliphatic rings. The molecule has 1 atom stereocenters. The molecule has 0 radical (unpaired) electrons. The van der Waals surface area contributed by atoms with Crippen molar-refractivity contribution < 1.29 is 14.7 Å². The van der Waals surface area contributed by atoms with E-state index in [1.807, 2.05) is 53.7 Å². The summed E-state index contributed by atoms with van der Waals surface area (Å²) in [7, 11) is 0. The number of aryl methyl sites for hydroxylation is 3. The van der Waals surface area contributed by atoms with Gasteiger partial charge in [-0.2, -0.15) is 0 Å². The molecule has 1 aromatic rings. The minimum absolute atomic E-state index is 0.0433. The summed E-state index contributed by atoms with van der Waals surface area (Å²) in [6, 6.07) is 3.90. The van der Waals surface area contributed by atoms with Crippen LogP contribution in [0.2, 0.25) is 0 Å². The molecule has 2 amide bonds. The molecule has 1 rings (SSSR count). The molecule has 0 saturated heterocycles. The molecule has 5 heteroatoms. The molecule has 5 nitrogen and oxygen atoms in total. The number of rotatable bonds is 3. The van der Waals surface area contributed by atoms with Crippen molar-refractivity contribution in [1.82, 2.24) is 5.32 Å². The summed E-state index contributed by atoms with van der Waals surface area (Å²) in [5.74, 6) is -1.47. The molecule has 0 aliphatic carbocycles. The summed E-state index contributed by atoms with van der Waals surface area (Å²) in [6.45, 7) is 11.4. The van der Waals surface area contributed by atoms with Crippen LogP contribution in [-0.2, 0) is 9.59 Å². The molecular formula is C17H26N2O3. The highest BCUT2D eigenvalue weighted by molar-refractivity contribution is 6.39. The third kappa shape index (κ3) is 4.84. The summed E-state index contributed by atoms with van der Waals surface area (Å²) in [5.41, 5.74) is 3.23. The number of carbonyl (C=O) groups excluding carboxylic acids is 2. The van der Waals surface area contributed by atoms with E-state index in [0.717, 1.165) is 16.7 Å². The van der Waals surface area contributed by atoms with Crippen LogP contribution in [0.15, 0.2) is 12.1 Å². The van der Waals surface area contributed by atoms with Crippen LogP contribution < -0.4 is 10.6 Å². The van der Waals surface area contributed by atoms with Gasteiger partial charge in [0.15, 0.2) is 0 Å². The Kier molecular flexibility index (Phi) is 5.72. The first-order valence-electron chi connectivity index (χ1n) is 7.37. The van der Waals surface area contributed by atoms with E-state index in [4.69, 9.17) is 0 Å². The maximum absolute atomic E-state index is 12.0. The Morgan fingerprint density at radius 1 is 1.09 bits per heavy atom. The largest absolute Gasteiger partial charge is 0.391 e. The first-order valence-corrected chi connectivity index (χ1v) is 7.37. The van der Waals surface area contributed by atoms with Gasteiger partial charge in [-0.3, -0.25) is 9.59 Å². The number of aliphatic hydroxyl groups excluding tert-OH is 1. The minimum atomic E-state index is -0.748. The Balaban J connectivity index is 2.68. The van der Waals surface area contributed by atoms with Crippen molar-refractivity contribution in [1.29, 1.82) is 0 Å². The van der Waals surface area contributed by atoms with Gasteiger partial charge in [-0.1, -0.05) is 38.5 Å². The lowest BCUT2D eigenvalue weighted by molar-refractivity contribution is -0.136. The average Bonchev–Trinajstić information content (AvgIpc) is 2.38. The van der Waals surface area contributed by atoms with E-state index in [-0.39, 0.29) is 12.0 Å². The third-order valence-corrected chi connectivity index (χ3v) is 3.58. The first kappa shape index (κ1) is 18.2. The zero-order chi connectivity index (χ0) is 17.1. The van der Waals surface area contributed by atoms with Crippen LogP contribution in [0, 0.1) is 26.2 Å². The predicted molar refractivity (Wildman–Crippen MR) is 87.8 cm³/mol. The molecule has 0 aliphatic heterocycles. The van der Waals surface area contributed by atoms with Crippen molar-refractivity contribution in [3.8, 4) is 0 Å². The highest BCUT2D eigenvalue weighted by Crippen LogP contribution is 2.22. The van der Waals surface area contributed by atoms with E-state index in [9.17, 15) is 14.7 Å². The molecule has 0 spiro atoms. The number of anilines is 1. The standard InChI is InChI=1S/C17H26N2O3/c1-10-7-11(2)14(12(3)8-10)19-16(22)15(21)18-9-13(20)17(4,5)6/h7-8,13,20H,9H2,1-6H3,(H,18,21)(H,19,22). The SMILES string of the molecule is Cc1cc(C)c(NC(=O)C(=O)NCC(O)C(C)(C)C)c(C)c1. The monoisotopic (exact) mass is 306 g/mol. The fraction of sp³-hybridized carbons (Fsp3) is 0.529. The Bertz CT molecular complexity index is 551. The van der Waals surface area contributed by atoms with Gasteiger partial charge in [-0.25, -0.2) is 0 Å². The maximum Gasteiger partial charge on any atom is 0.313 e. The quantitative estimate of drug-likeness (QED) is 0.748. The van der Waals surface area contributed by atoms with Crippen LogP contribution in [0.25, 0.3) is 0 Å². The van der Waals surface area contributed by atoms with Crippen LogP contribution in [0.1, 0.15) is 37.5 Å². The number of nitrogens with one attached hydrogen (secondary N) is 2. The topological polar surface area (TPSA) is 78.4 Å². The molecule has 0 fully saturated rings. The molecular weight excluding hydrogens is 280 g/mol. The van der Waals surface area contributed by atoms with Gasteiger partial charge in [-0.05, 0) is 37.3 Å². The lowest BCUT2D eigenvalue weighted by Crippen LogP contribution is -2.43. The first-order chi connectivity index (χ1) is 10.0. The normalized spacial score (nSPS) is 12.7. The summed E-state index contributed by atoms with van der Waals surface area (Å²) < 4.78 is 0. The second-order valence-corrected chi connectivity index (χ2v) is 6.82. The number of amides is 2. The van der Waals surface area contributed by atoms with E-state index in [2.05, 4.69) is 10.6 Å². The lowest BCUT2D eigenvalue weighted by Gasteiger charge is -2.25. The Morgan fingerprint density at radius 2 is 1.59 bits per heavy atom. The van der Waals surface area contributed by atoms with Crippen molar-refractivity contribution >= 4 is 17.5 Å². The van der Waals surface area contributed by atoms with Crippen molar-refractivity contribution in [2.24, 2.45) is 5.41 Å². The van der Waals surface area contributed by atoms with Gasteiger partial charge >= 0.3 is 11.8 Å². The highest BCUT2D eigenvalue weighted by Gasteiger charge is 2.24. The molecule has 22 heavy (non-hydrogen) atoms. The van der Waals surface area contributed by atoms with Gasteiger partial charge in [0.25, 0.3) is 0 Å². The molecule has 1 unspecified atom stereocenters. The van der Waals surface area contributed by atoms with Crippen LogP contribution in [0.4, 0.5) is 5.69 Å². The maximum atomic E-state index is 12.0. The molecule has 0 aromatic heterocycles. The van der Waals surface area contributed by atoms with E-state index in [1.165, 1.54) is 0 Å². The number of benzene rings is 1. The van der Waals surface area contributed by atoms with Gasteiger partial charge in [0.1, 0.15) is 0 Å². The Hall–Kier alpha value is -1.88.